The summed E-state index contributed by atoms with van der Waals surface area (Å²) in [7, 11) is 3.75. The maximum absolute atomic E-state index is 5.92. The van der Waals surface area contributed by atoms with E-state index in [9.17, 15) is 0 Å². The molecule has 25 heavy (non-hydrogen) atoms. The first-order valence-corrected chi connectivity index (χ1v) is 8.61. The molecule has 5 heteroatoms. The largest absolute Gasteiger partial charge is 0.493 e. The fourth-order valence-electron chi connectivity index (χ4n) is 3.56. The molecule has 0 radical (unpaired) electrons. The van der Waals surface area contributed by atoms with Gasteiger partial charge in [-0.15, -0.1) is 0 Å². The maximum atomic E-state index is 5.92. The Labute approximate surface area is 147 Å². The molecule has 0 saturated carbocycles. The number of hydrogen-bond donors (Lipinski definition) is 1. The molecule has 5 nitrogen and oxygen atoms in total. The summed E-state index contributed by atoms with van der Waals surface area (Å²) in [6.45, 7) is 4.04. The lowest BCUT2D eigenvalue weighted by Gasteiger charge is -2.15. The van der Waals surface area contributed by atoms with Crippen LogP contribution in [-0.4, -0.2) is 22.8 Å². The molecule has 1 atom stereocenters. The zero-order valence-corrected chi connectivity index (χ0v) is 15.0. The number of anilines is 1. The van der Waals surface area contributed by atoms with Gasteiger partial charge in [-0.1, -0.05) is 6.07 Å². The molecule has 1 aromatic carbocycles. The number of nitrogens with zero attached hydrogens (tertiary/aromatic N) is 2. The van der Waals surface area contributed by atoms with Crippen molar-refractivity contribution in [3.63, 3.8) is 0 Å². The Morgan fingerprint density at radius 1 is 1.28 bits per heavy atom. The highest BCUT2D eigenvalue weighted by molar-refractivity contribution is 5.88. The van der Waals surface area contributed by atoms with Crippen LogP contribution in [0.2, 0.25) is 0 Å². The number of nitrogens with one attached hydrogen (secondary N) is 1. The summed E-state index contributed by atoms with van der Waals surface area (Å²) in [5.74, 6) is 2.53. The molecule has 0 saturated heterocycles. The summed E-state index contributed by atoms with van der Waals surface area (Å²) in [6.07, 6.45) is 5.06. The van der Waals surface area contributed by atoms with Crippen molar-refractivity contribution in [3.8, 4) is 11.5 Å². The first-order valence-electron chi connectivity index (χ1n) is 8.61. The average molecular weight is 337 g/mol. The van der Waals surface area contributed by atoms with Crippen LogP contribution >= 0.6 is 0 Å². The van der Waals surface area contributed by atoms with E-state index in [1.165, 1.54) is 16.5 Å². The Morgan fingerprint density at radius 3 is 2.84 bits per heavy atom. The lowest BCUT2D eigenvalue weighted by atomic mass is 10.0. The van der Waals surface area contributed by atoms with Gasteiger partial charge in [0.25, 0.3) is 0 Å². The molecule has 2 aromatic heterocycles. The molecule has 3 heterocycles. The minimum absolute atomic E-state index is 0.100. The first-order chi connectivity index (χ1) is 12.1. The molecular weight excluding hydrogens is 314 g/mol. The van der Waals surface area contributed by atoms with Gasteiger partial charge in [0.15, 0.2) is 11.5 Å². The van der Waals surface area contributed by atoms with E-state index in [-0.39, 0.29) is 12.1 Å². The van der Waals surface area contributed by atoms with Crippen LogP contribution in [0.4, 0.5) is 5.82 Å². The molecule has 0 amide bonds. The minimum Gasteiger partial charge on any atom is -0.493 e. The van der Waals surface area contributed by atoms with Gasteiger partial charge in [-0.05, 0) is 31.5 Å². The number of aryl methyl sites for hydroxylation is 1. The van der Waals surface area contributed by atoms with E-state index in [2.05, 4.69) is 46.3 Å². The molecule has 1 aliphatic rings. The number of aromatic nitrogens is 2. The van der Waals surface area contributed by atoms with Crippen LogP contribution in [0, 0.1) is 0 Å². The van der Waals surface area contributed by atoms with E-state index in [4.69, 9.17) is 9.47 Å². The van der Waals surface area contributed by atoms with Crippen molar-refractivity contribution in [3.05, 3.63) is 47.8 Å². The third kappa shape index (κ3) is 2.69. The minimum atomic E-state index is 0.100. The summed E-state index contributed by atoms with van der Waals surface area (Å²) in [4.78, 5) is 4.44. The standard InChI is InChI=1S/C20H23N3O2/c1-12(2)25-19-10-17-14(9-18(19)24-4)15(11-23(17)3)16-8-13-6-5-7-21-20(13)22-16/h5-7,9-12,16H,8H2,1-4H3,(H,21,22). The summed E-state index contributed by atoms with van der Waals surface area (Å²) in [5, 5.41) is 4.73. The number of pyridine rings is 1. The molecule has 0 aliphatic carbocycles. The van der Waals surface area contributed by atoms with E-state index in [0.717, 1.165) is 29.3 Å². The number of fused-ring (bicyclic) bond motifs is 2. The Hall–Kier alpha value is -2.69. The molecule has 1 aliphatic heterocycles. The summed E-state index contributed by atoms with van der Waals surface area (Å²) in [6, 6.07) is 8.49. The predicted molar refractivity (Wildman–Crippen MR) is 99.5 cm³/mol. The summed E-state index contributed by atoms with van der Waals surface area (Å²) in [5.41, 5.74) is 3.65. The maximum Gasteiger partial charge on any atom is 0.163 e. The van der Waals surface area contributed by atoms with Crippen LogP contribution in [-0.2, 0) is 13.5 Å². The fourth-order valence-corrected chi connectivity index (χ4v) is 3.56. The van der Waals surface area contributed by atoms with Crippen molar-refractivity contribution in [2.24, 2.45) is 7.05 Å². The first kappa shape index (κ1) is 15.8. The summed E-state index contributed by atoms with van der Waals surface area (Å²) < 4.78 is 13.6. The number of methoxy groups -OCH3 is 1. The second-order valence-electron chi connectivity index (χ2n) is 6.79. The van der Waals surface area contributed by atoms with Crippen LogP contribution in [0.15, 0.2) is 36.7 Å². The number of hydrogen-bond acceptors (Lipinski definition) is 4. The topological polar surface area (TPSA) is 48.3 Å². The SMILES string of the molecule is COc1cc2c(C3Cc4cccnc4N3)cn(C)c2cc1OC(C)C. The average Bonchev–Trinajstić information content (AvgIpc) is 3.15. The van der Waals surface area contributed by atoms with Crippen molar-refractivity contribution >= 4 is 16.7 Å². The molecule has 1 N–H and O–H groups in total. The van der Waals surface area contributed by atoms with Gasteiger partial charge in [-0.2, -0.15) is 0 Å². The quantitative estimate of drug-likeness (QED) is 0.779. The van der Waals surface area contributed by atoms with Crippen LogP contribution in [0.1, 0.15) is 31.0 Å². The highest BCUT2D eigenvalue weighted by Gasteiger charge is 2.26. The molecule has 4 rings (SSSR count). The monoisotopic (exact) mass is 337 g/mol. The lowest BCUT2D eigenvalue weighted by molar-refractivity contribution is 0.230. The third-order valence-electron chi connectivity index (χ3n) is 4.67. The van der Waals surface area contributed by atoms with Crippen LogP contribution < -0.4 is 14.8 Å². The van der Waals surface area contributed by atoms with E-state index in [1.54, 1.807) is 7.11 Å². The zero-order chi connectivity index (χ0) is 17.6. The number of ether oxygens (including phenoxy) is 2. The van der Waals surface area contributed by atoms with Crippen molar-refractivity contribution in [1.82, 2.24) is 9.55 Å². The van der Waals surface area contributed by atoms with Crippen molar-refractivity contribution in [2.75, 3.05) is 12.4 Å². The highest BCUT2D eigenvalue weighted by Crippen LogP contribution is 2.40. The van der Waals surface area contributed by atoms with Gasteiger partial charge in [0, 0.05) is 42.9 Å². The number of benzene rings is 1. The van der Waals surface area contributed by atoms with E-state index in [0.29, 0.717) is 0 Å². The van der Waals surface area contributed by atoms with E-state index < -0.39 is 0 Å². The second kappa shape index (κ2) is 5.99. The smallest absolute Gasteiger partial charge is 0.163 e. The van der Waals surface area contributed by atoms with Gasteiger partial charge in [0.1, 0.15) is 5.82 Å². The number of rotatable bonds is 4. The second-order valence-corrected chi connectivity index (χ2v) is 6.79. The molecule has 3 aromatic rings. The molecular formula is C20H23N3O2. The summed E-state index contributed by atoms with van der Waals surface area (Å²) >= 11 is 0. The predicted octanol–water partition coefficient (Wildman–Crippen LogP) is 4.08. The molecule has 0 fully saturated rings. The van der Waals surface area contributed by atoms with Crippen LogP contribution in [0.3, 0.4) is 0 Å². The zero-order valence-electron chi connectivity index (χ0n) is 15.0. The van der Waals surface area contributed by atoms with Crippen molar-refractivity contribution < 1.29 is 9.47 Å². The van der Waals surface area contributed by atoms with Crippen LogP contribution in [0.5, 0.6) is 11.5 Å². The van der Waals surface area contributed by atoms with Gasteiger partial charge < -0.3 is 19.4 Å². The van der Waals surface area contributed by atoms with Crippen molar-refractivity contribution in [1.29, 1.82) is 0 Å². The normalized spacial score (nSPS) is 16.1. The van der Waals surface area contributed by atoms with E-state index >= 15 is 0 Å². The molecule has 1 unspecified atom stereocenters. The third-order valence-corrected chi connectivity index (χ3v) is 4.67. The van der Waals surface area contributed by atoms with Gasteiger partial charge in [0.05, 0.1) is 24.8 Å². The van der Waals surface area contributed by atoms with Gasteiger partial charge in [-0.25, -0.2) is 4.98 Å². The van der Waals surface area contributed by atoms with Crippen LogP contribution in [0.25, 0.3) is 10.9 Å². The Bertz CT molecular complexity index is 905. The van der Waals surface area contributed by atoms with Crippen molar-refractivity contribution in [2.45, 2.75) is 32.4 Å². The fraction of sp³-hybridized carbons (Fsp3) is 0.350. The lowest BCUT2D eigenvalue weighted by Crippen LogP contribution is -2.07. The van der Waals surface area contributed by atoms with Gasteiger partial charge in [-0.3, -0.25) is 0 Å². The molecule has 0 spiro atoms. The van der Waals surface area contributed by atoms with E-state index in [1.807, 2.05) is 26.1 Å². The van der Waals surface area contributed by atoms with Gasteiger partial charge in [0.2, 0.25) is 0 Å². The highest BCUT2D eigenvalue weighted by atomic mass is 16.5. The Morgan fingerprint density at radius 2 is 2.12 bits per heavy atom. The Kier molecular flexibility index (Phi) is 3.79. The Balaban J connectivity index is 1.78. The molecule has 0 bridgehead atoms. The van der Waals surface area contributed by atoms with Gasteiger partial charge >= 0.3 is 0 Å². The molecule has 130 valence electrons.